The third-order valence-electron chi connectivity index (χ3n) is 7.36. The Balaban J connectivity index is 1.23. The molecule has 2 atom stereocenters. The Labute approximate surface area is 191 Å². The van der Waals surface area contributed by atoms with Crippen LogP contribution >= 0.6 is 11.6 Å². The first-order chi connectivity index (χ1) is 15.2. The summed E-state index contributed by atoms with van der Waals surface area (Å²) >= 11 is 6.00. The molecule has 2 aliphatic rings. The van der Waals surface area contributed by atoms with Crippen molar-refractivity contribution in [2.75, 3.05) is 13.1 Å². The van der Waals surface area contributed by atoms with E-state index in [0.717, 1.165) is 33.8 Å². The summed E-state index contributed by atoms with van der Waals surface area (Å²) in [6.45, 7) is 5.00. The van der Waals surface area contributed by atoms with E-state index in [1.807, 2.05) is 30.5 Å². The second kappa shape index (κ2) is 9.14. The molecule has 3 aromatic rings. The van der Waals surface area contributed by atoms with Crippen LogP contribution in [0.25, 0.3) is 22.4 Å². The van der Waals surface area contributed by atoms with Gasteiger partial charge in [0.05, 0.1) is 5.69 Å². The lowest BCUT2D eigenvalue weighted by atomic mass is 9.94. The van der Waals surface area contributed by atoms with Crippen molar-refractivity contribution in [3.63, 3.8) is 0 Å². The number of likely N-dealkylation sites (tertiary alicyclic amines) is 1. The fourth-order valence-electron chi connectivity index (χ4n) is 5.29. The third kappa shape index (κ3) is 4.71. The predicted octanol–water partition coefficient (Wildman–Crippen LogP) is 7.44. The van der Waals surface area contributed by atoms with Crippen molar-refractivity contribution in [2.45, 2.75) is 51.0 Å². The Hall–Kier alpha value is -2.16. The van der Waals surface area contributed by atoms with Gasteiger partial charge in [0, 0.05) is 28.4 Å². The number of hydrogen-bond donors (Lipinski definition) is 0. The van der Waals surface area contributed by atoms with E-state index in [9.17, 15) is 0 Å². The number of halogens is 1. The number of aromatic nitrogens is 1. The molecule has 2 fully saturated rings. The summed E-state index contributed by atoms with van der Waals surface area (Å²) in [5.41, 5.74) is 5.95. The predicted molar refractivity (Wildman–Crippen MR) is 130 cm³/mol. The summed E-state index contributed by atoms with van der Waals surface area (Å²) < 4.78 is 0. The largest absolute Gasteiger partial charge is 0.300 e. The zero-order chi connectivity index (χ0) is 21.2. The molecule has 1 saturated carbocycles. The van der Waals surface area contributed by atoms with Crippen molar-refractivity contribution in [1.29, 1.82) is 0 Å². The molecule has 0 bridgehead atoms. The smallest absolute Gasteiger partial charge is 0.0702 e. The fraction of sp³-hybridized carbons (Fsp3) is 0.393. The van der Waals surface area contributed by atoms with Crippen molar-refractivity contribution in [3.8, 4) is 22.4 Å². The van der Waals surface area contributed by atoms with Crippen molar-refractivity contribution in [3.05, 3.63) is 77.4 Å². The Morgan fingerprint density at radius 2 is 1.45 bits per heavy atom. The minimum Gasteiger partial charge on any atom is -0.300 e. The maximum atomic E-state index is 6.00. The van der Waals surface area contributed by atoms with Crippen LogP contribution in [0, 0.1) is 5.92 Å². The monoisotopic (exact) mass is 430 g/mol. The lowest BCUT2D eigenvalue weighted by Gasteiger charge is -2.35. The summed E-state index contributed by atoms with van der Waals surface area (Å²) in [4.78, 5) is 7.48. The molecular weight excluding hydrogens is 400 g/mol. The lowest BCUT2D eigenvalue weighted by molar-refractivity contribution is 0.139. The average molecular weight is 431 g/mol. The normalized spacial score (nSPS) is 22.6. The molecule has 2 nitrogen and oxygen atoms in total. The summed E-state index contributed by atoms with van der Waals surface area (Å²) in [5, 5.41) is 0.757. The molecule has 0 N–H and O–H groups in total. The molecule has 31 heavy (non-hydrogen) atoms. The maximum absolute atomic E-state index is 6.00. The van der Waals surface area contributed by atoms with Crippen LogP contribution in [-0.2, 0) is 0 Å². The van der Waals surface area contributed by atoms with Crippen LogP contribution in [0.1, 0.15) is 50.5 Å². The minimum absolute atomic E-state index is 0.707. The Morgan fingerprint density at radius 1 is 0.774 bits per heavy atom. The van der Waals surface area contributed by atoms with E-state index in [2.05, 4.69) is 48.2 Å². The molecule has 1 saturated heterocycles. The van der Waals surface area contributed by atoms with Crippen LogP contribution in [0.5, 0.6) is 0 Å². The van der Waals surface area contributed by atoms with E-state index in [0.29, 0.717) is 5.92 Å². The van der Waals surface area contributed by atoms with Crippen LogP contribution in [0.4, 0.5) is 0 Å². The molecule has 3 heteroatoms. The van der Waals surface area contributed by atoms with Gasteiger partial charge in [-0.05, 0) is 86.4 Å². The van der Waals surface area contributed by atoms with Gasteiger partial charge in [-0.2, -0.15) is 0 Å². The Bertz CT molecular complexity index is 987. The molecule has 160 valence electrons. The number of hydrogen-bond acceptors (Lipinski definition) is 2. The van der Waals surface area contributed by atoms with Gasteiger partial charge in [-0.15, -0.1) is 0 Å². The quantitative estimate of drug-likeness (QED) is 0.427. The maximum Gasteiger partial charge on any atom is 0.0702 e. The number of pyridine rings is 1. The molecule has 0 spiro atoms. The van der Waals surface area contributed by atoms with E-state index < -0.39 is 0 Å². The van der Waals surface area contributed by atoms with Crippen molar-refractivity contribution >= 4 is 11.6 Å². The summed E-state index contributed by atoms with van der Waals surface area (Å²) in [6.07, 6.45) is 8.70. The molecule has 2 aromatic carbocycles. The van der Waals surface area contributed by atoms with Gasteiger partial charge < -0.3 is 4.90 Å². The third-order valence-corrected chi connectivity index (χ3v) is 7.61. The molecule has 0 radical (unpaired) electrons. The zero-order valence-electron chi connectivity index (χ0n) is 18.3. The van der Waals surface area contributed by atoms with Gasteiger partial charge in [-0.1, -0.05) is 61.0 Å². The van der Waals surface area contributed by atoms with Gasteiger partial charge in [0.25, 0.3) is 0 Å². The van der Waals surface area contributed by atoms with E-state index >= 15 is 0 Å². The first kappa shape index (κ1) is 20.7. The minimum atomic E-state index is 0.707. The average Bonchev–Trinajstić information content (AvgIpc) is 3.31. The molecular formula is C28H31ClN2. The van der Waals surface area contributed by atoms with Crippen LogP contribution in [0.15, 0.2) is 66.9 Å². The number of benzene rings is 2. The second-order valence-corrected chi connectivity index (χ2v) is 9.88. The van der Waals surface area contributed by atoms with Crippen LogP contribution < -0.4 is 0 Å². The molecule has 1 aliphatic heterocycles. The molecule has 0 amide bonds. The van der Waals surface area contributed by atoms with Crippen molar-refractivity contribution in [1.82, 2.24) is 9.88 Å². The van der Waals surface area contributed by atoms with E-state index in [1.54, 1.807) is 0 Å². The summed E-state index contributed by atoms with van der Waals surface area (Å²) in [6, 6.07) is 22.1. The highest BCUT2D eigenvalue weighted by Gasteiger charge is 2.31. The topological polar surface area (TPSA) is 16.1 Å². The summed E-state index contributed by atoms with van der Waals surface area (Å²) in [7, 11) is 0. The molecule has 1 aliphatic carbocycles. The highest BCUT2D eigenvalue weighted by molar-refractivity contribution is 6.30. The highest BCUT2D eigenvalue weighted by atomic mass is 35.5. The van der Waals surface area contributed by atoms with Gasteiger partial charge in [0.2, 0.25) is 0 Å². The van der Waals surface area contributed by atoms with Gasteiger partial charge in [-0.25, -0.2) is 0 Å². The Kier molecular flexibility index (Phi) is 6.11. The van der Waals surface area contributed by atoms with Crippen LogP contribution in [-0.4, -0.2) is 29.0 Å². The standard InChI is InChI=1S/C28H31ClN2/c1-20-14-16-31(17-15-20)27-12-8-24(18-27)21-2-4-23(5-3-21)28-13-9-25(19-30-28)22-6-10-26(29)11-7-22/h2-7,9-11,13,19-20,24,27H,8,12,14-18H2,1H3. The van der Waals surface area contributed by atoms with Gasteiger partial charge >= 0.3 is 0 Å². The first-order valence-corrected chi connectivity index (χ1v) is 12.1. The van der Waals surface area contributed by atoms with E-state index in [-0.39, 0.29) is 0 Å². The molecule has 2 heterocycles. The Morgan fingerprint density at radius 3 is 2.13 bits per heavy atom. The molecule has 2 unspecified atom stereocenters. The van der Waals surface area contributed by atoms with E-state index in [1.165, 1.54) is 56.3 Å². The molecule has 5 rings (SSSR count). The second-order valence-electron chi connectivity index (χ2n) is 9.44. The van der Waals surface area contributed by atoms with Gasteiger partial charge in [-0.3, -0.25) is 4.98 Å². The van der Waals surface area contributed by atoms with Gasteiger partial charge in [0.1, 0.15) is 0 Å². The van der Waals surface area contributed by atoms with Crippen LogP contribution in [0.2, 0.25) is 5.02 Å². The SMILES string of the molecule is CC1CCN(C2CCC(c3ccc(-c4ccc(-c5ccc(Cl)cc5)cn4)cc3)C2)CC1. The van der Waals surface area contributed by atoms with Crippen LogP contribution in [0.3, 0.4) is 0 Å². The fourth-order valence-corrected chi connectivity index (χ4v) is 5.42. The number of nitrogens with zero attached hydrogens (tertiary/aromatic N) is 2. The number of rotatable bonds is 4. The van der Waals surface area contributed by atoms with E-state index in [4.69, 9.17) is 16.6 Å². The summed E-state index contributed by atoms with van der Waals surface area (Å²) in [5.74, 6) is 1.62. The zero-order valence-corrected chi connectivity index (χ0v) is 19.1. The number of piperidine rings is 1. The molecule has 1 aromatic heterocycles. The highest BCUT2D eigenvalue weighted by Crippen LogP contribution is 2.38. The van der Waals surface area contributed by atoms with Crippen molar-refractivity contribution in [2.24, 2.45) is 5.92 Å². The lowest BCUT2D eigenvalue weighted by Crippen LogP contribution is -2.39. The van der Waals surface area contributed by atoms with Crippen molar-refractivity contribution < 1.29 is 0 Å². The van der Waals surface area contributed by atoms with Gasteiger partial charge in [0.15, 0.2) is 0 Å². The first-order valence-electron chi connectivity index (χ1n) is 11.7.